The molecule has 0 aliphatic carbocycles. The molecule has 0 bridgehead atoms. The van der Waals surface area contributed by atoms with Gasteiger partial charge in [-0.25, -0.2) is 0 Å². The average Bonchev–Trinajstić information content (AvgIpc) is 2.49. The Morgan fingerprint density at radius 3 is 2.52 bits per heavy atom. The molecule has 0 fully saturated rings. The molecule has 0 unspecified atom stereocenters. The monoisotopic (exact) mass is 280 g/mol. The first-order chi connectivity index (χ1) is 10.1. The molecule has 1 aromatic heterocycles. The minimum Gasteiger partial charge on any atom is -0.545 e. The Morgan fingerprint density at radius 1 is 1.05 bits per heavy atom. The summed E-state index contributed by atoms with van der Waals surface area (Å²) in [6.45, 7) is 0. The van der Waals surface area contributed by atoms with E-state index >= 15 is 0 Å². The molecule has 0 atom stereocenters. The topological polar surface area (TPSA) is 82.2 Å². The zero-order valence-corrected chi connectivity index (χ0v) is 10.8. The minimum absolute atomic E-state index is 0.241. The van der Waals surface area contributed by atoms with Gasteiger partial charge >= 0.3 is 0 Å². The Balaban J connectivity index is 2.08. The van der Waals surface area contributed by atoms with Gasteiger partial charge in [-0.2, -0.15) is 0 Å². The van der Waals surface area contributed by atoms with E-state index in [0.717, 1.165) is 6.20 Å². The zero-order chi connectivity index (χ0) is 14.8. The van der Waals surface area contributed by atoms with Gasteiger partial charge in [0.2, 0.25) is 0 Å². The summed E-state index contributed by atoms with van der Waals surface area (Å²) in [5.41, 5.74) is -0.466. The van der Waals surface area contributed by atoms with Gasteiger partial charge in [0.25, 0.3) is 0 Å². The Bertz CT molecular complexity index is 868. The third-order valence-electron chi connectivity index (χ3n) is 3.05. The number of carboxylic acid groups (broad SMARTS) is 1. The second-order valence-corrected chi connectivity index (χ2v) is 4.44. The molecule has 3 aromatic rings. The van der Waals surface area contributed by atoms with Crippen molar-refractivity contribution in [3.05, 3.63) is 70.5 Å². The lowest BCUT2D eigenvalue weighted by Gasteiger charge is -2.08. The van der Waals surface area contributed by atoms with E-state index in [-0.39, 0.29) is 5.39 Å². The number of ether oxygens (including phenoxy) is 1. The Morgan fingerprint density at radius 2 is 1.81 bits per heavy atom. The van der Waals surface area contributed by atoms with Crippen molar-refractivity contribution < 1.29 is 14.6 Å². The maximum absolute atomic E-state index is 12.1. The first-order valence-electron chi connectivity index (χ1n) is 6.25. The smallest absolute Gasteiger partial charge is 0.198 e. The molecule has 5 nitrogen and oxygen atoms in total. The van der Waals surface area contributed by atoms with Crippen LogP contribution in [0, 0.1) is 0 Å². The van der Waals surface area contributed by atoms with Gasteiger partial charge in [-0.1, -0.05) is 18.2 Å². The molecule has 0 amide bonds. The molecule has 0 radical (unpaired) electrons. The van der Waals surface area contributed by atoms with Crippen LogP contribution in [0.1, 0.15) is 10.4 Å². The molecule has 0 aliphatic heterocycles. The van der Waals surface area contributed by atoms with Gasteiger partial charge in [0, 0.05) is 17.1 Å². The van der Waals surface area contributed by atoms with Crippen LogP contribution in [-0.2, 0) is 0 Å². The predicted molar refractivity (Wildman–Crippen MR) is 75.4 cm³/mol. The SMILES string of the molecule is O=C([O-])c1c[nH]c2ccc(Oc3ccccc3)cc2c1=O. The van der Waals surface area contributed by atoms with Crippen LogP contribution in [0.15, 0.2) is 59.5 Å². The molecule has 0 aliphatic rings. The van der Waals surface area contributed by atoms with E-state index in [1.54, 1.807) is 24.3 Å². The number of nitrogens with one attached hydrogen (secondary N) is 1. The first-order valence-corrected chi connectivity index (χ1v) is 6.25. The molecule has 2 aromatic carbocycles. The third-order valence-corrected chi connectivity index (χ3v) is 3.05. The molecule has 21 heavy (non-hydrogen) atoms. The lowest BCUT2D eigenvalue weighted by molar-refractivity contribution is -0.255. The second kappa shape index (κ2) is 5.13. The van der Waals surface area contributed by atoms with Crippen molar-refractivity contribution in [3.8, 4) is 11.5 Å². The van der Waals surface area contributed by atoms with E-state index in [4.69, 9.17) is 4.74 Å². The Kier molecular flexibility index (Phi) is 3.16. The fourth-order valence-electron chi connectivity index (χ4n) is 2.04. The van der Waals surface area contributed by atoms with Crippen LogP contribution in [0.25, 0.3) is 10.9 Å². The van der Waals surface area contributed by atoms with Gasteiger partial charge in [0.15, 0.2) is 5.43 Å². The van der Waals surface area contributed by atoms with Crippen molar-refractivity contribution in [2.75, 3.05) is 0 Å². The zero-order valence-electron chi connectivity index (χ0n) is 10.8. The molecule has 3 rings (SSSR count). The third kappa shape index (κ3) is 2.49. The number of pyridine rings is 1. The van der Waals surface area contributed by atoms with Crippen molar-refractivity contribution in [2.24, 2.45) is 0 Å². The van der Waals surface area contributed by atoms with Gasteiger partial charge in [-0.3, -0.25) is 4.79 Å². The normalized spacial score (nSPS) is 10.5. The minimum atomic E-state index is -1.51. The summed E-state index contributed by atoms with van der Waals surface area (Å²) in [6.07, 6.45) is 1.14. The largest absolute Gasteiger partial charge is 0.545 e. The van der Waals surface area contributed by atoms with Crippen LogP contribution < -0.4 is 15.3 Å². The number of benzene rings is 2. The number of fused-ring (bicyclic) bond motifs is 1. The summed E-state index contributed by atoms with van der Waals surface area (Å²) in [5, 5.41) is 11.1. The van der Waals surface area contributed by atoms with Crippen LogP contribution in [0.5, 0.6) is 11.5 Å². The Labute approximate surface area is 119 Å². The number of aromatic amines is 1. The molecule has 0 saturated carbocycles. The molecular weight excluding hydrogens is 270 g/mol. The molecule has 5 heteroatoms. The van der Waals surface area contributed by atoms with Gasteiger partial charge in [-0.15, -0.1) is 0 Å². The number of hydrogen-bond donors (Lipinski definition) is 1. The highest BCUT2D eigenvalue weighted by Gasteiger charge is 2.07. The van der Waals surface area contributed by atoms with Gasteiger partial charge < -0.3 is 19.6 Å². The number of para-hydroxylation sites is 1. The van der Waals surface area contributed by atoms with Crippen LogP contribution in [-0.4, -0.2) is 11.0 Å². The molecule has 1 N–H and O–H groups in total. The van der Waals surface area contributed by atoms with Crippen molar-refractivity contribution in [1.29, 1.82) is 0 Å². The number of hydrogen-bond acceptors (Lipinski definition) is 4. The van der Waals surface area contributed by atoms with Crippen LogP contribution in [0.2, 0.25) is 0 Å². The lowest BCUT2D eigenvalue weighted by atomic mass is 10.1. The predicted octanol–water partition coefficient (Wildman–Crippen LogP) is 1.68. The van der Waals surface area contributed by atoms with Crippen LogP contribution >= 0.6 is 0 Å². The van der Waals surface area contributed by atoms with Crippen LogP contribution in [0.4, 0.5) is 0 Å². The highest BCUT2D eigenvalue weighted by molar-refractivity contribution is 5.91. The van der Waals surface area contributed by atoms with E-state index in [2.05, 4.69) is 4.98 Å². The van der Waals surface area contributed by atoms with Gasteiger partial charge in [0.05, 0.1) is 11.5 Å². The summed E-state index contributed by atoms with van der Waals surface area (Å²) < 4.78 is 5.63. The number of carbonyl (C=O) groups excluding carboxylic acids is 1. The van der Waals surface area contributed by atoms with E-state index < -0.39 is 17.0 Å². The molecular formula is C16H10NO4-. The van der Waals surface area contributed by atoms with E-state index in [1.165, 1.54) is 6.07 Å². The standard InChI is InChI=1S/C16H11NO4/c18-15-12-8-11(21-10-4-2-1-3-5-10)6-7-14(12)17-9-13(15)16(19)20/h1-9H,(H,17,18)(H,19,20)/p-1. The summed E-state index contributed by atoms with van der Waals surface area (Å²) in [7, 11) is 0. The maximum Gasteiger partial charge on any atom is 0.198 e. The molecule has 104 valence electrons. The maximum atomic E-state index is 12.1. The average molecular weight is 280 g/mol. The number of aromatic nitrogens is 1. The number of carboxylic acids is 1. The van der Waals surface area contributed by atoms with Crippen molar-refractivity contribution >= 4 is 16.9 Å². The number of rotatable bonds is 3. The Hall–Kier alpha value is -3.08. The van der Waals surface area contributed by atoms with E-state index in [0.29, 0.717) is 17.0 Å². The molecule has 1 heterocycles. The van der Waals surface area contributed by atoms with Gasteiger partial charge in [-0.05, 0) is 30.3 Å². The fourth-order valence-corrected chi connectivity index (χ4v) is 2.04. The summed E-state index contributed by atoms with van der Waals surface area (Å²) >= 11 is 0. The summed E-state index contributed by atoms with van der Waals surface area (Å²) in [6, 6.07) is 14.0. The number of carbonyl (C=O) groups is 1. The van der Waals surface area contributed by atoms with E-state index in [9.17, 15) is 14.7 Å². The lowest BCUT2D eigenvalue weighted by Crippen LogP contribution is -2.29. The summed E-state index contributed by atoms with van der Waals surface area (Å²) in [4.78, 5) is 25.7. The van der Waals surface area contributed by atoms with Crippen molar-refractivity contribution in [3.63, 3.8) is 0 Å². The van der Waals surface area contributed by atoms with Crippen LogP contribution in [0.3, 0.4) is 0 Å². The highest BCUT2D eigenvalue weighted by Crippen LogP contribution is 2.23. The highest BCUT2D eigenvalue weighted by atomic mass is 16.5. The van der Waals surface area contributed by atoms with Gasteiger partial charge in [0.1, 0.15) is 11.5 Å². The molecule has 0 spiro atoms. The number of aromatic carboxylic acids is 1. The summed E-state index contributed by atoms with van der Waals surface area (Å²) in [5.74, 6) is -0.424. The van der Waals surface area contributed by atoms with Crippen molar-refractivity contribution in [1.82, 2.24) is 4.98 Å². The fraction of sp³-hybridized carbons (Fsp3) is 0. The van der Waals surface area contributed by atoms with E-state index in [1.807, 2.05) is 18.2 Å². The quantitative estimate of drug-likeness (QED) is 0.791. The second-order valence-electron chi connectivity index (χ2n) is 4.44. The molecule has 0 saturated heterocycles. The number of H-pyrrole nitrogens is 1. The van der Waals surface area contributed by atoms with Crippen molar-refractivity contribution in [2.45, 2.75) is 0 Å². The first kappa shape index (κ1) is 12.9.